The van der Waals surface area contributed by atoms with E-state index in [1.807, 2.05) is 0 Å². The molecular formula is C12H19N3O3S. The Hall–Kier alpha value is -1.44. The normalized spacial score (nSPS) is 12.3. The number of rotatable bonds is 4. The number of primary sulfonamides is 1. The smallest absolute Gasteiger partial charge is 0.238 e. The lowest BCUT2D eigenvalue weighted by atomic mass is 10.0. The molecule has 0 saturated carbocycles. The van der Waals surface area contributed by atoms with Gasteiger partial charge in [0.15, 0.2) is 0 Å². The molecule has 0 heterocycles. The molecule has 0 saturated heterocycles. The highest BCUT2D eigenvalue weighted by molar-refractivity contribution is 7.89. The summed E-state index contributed by atoms with van der Waals surface area (Å²) < 4.78 is 22.5. The van der Waals surface area contributed by atoms with Crippen molar-refractivity contribution in [2.24, 2.45) is 10.9 Å². The Balaban J connectivity index is 2.99. The van der Waals surface area contributed by atoms with E-state index in [1.165, 1.54) is 12.1 Å². The van der Waals surface area contributed by atoms with Gasteiger partial charge in [-0.3, -0.25) is 4.79 Å². The van der Waals surface area contributed by atoms with Crippen molar-refractivity contribution in [2.75, 3.05) is 5.32 Å². The third kappa shape index (κ3) is 4.98. The van der Waals surface area contributed by atoms with Gasteiger partial charge in [-0.05, 0) is 38.5 Å². The van der Waals surface area contributed by atoms with Gasteiger partial charge in [0.1, 0.15) is 0 Å². The van der Waals surface area contributed by atoms with Crippen molar-refractivity contribution in [2.45, 2.75) is 37.6 Å². The average molecular weight is 285 g/mol. The highest BCUT2D eigenvalue weighted by Crippen LogP contribution is 2.20. The van der Waals surface area contributed by atoms with Crippen LogP contribution < -0.4 is 16.2 Å². The van der Waals surface area contributed by atoms with E-state index in [2.05, 4.69) is 5.32 Å². The number of aryl methyl sites for hydroxylation is 1. The molecule has 0 aromatic heterocycles. The van der Waals surface area contributed by atoms with Crippen LogP contribution in [0.3, 0.4) is 0 Å². The minimum Gasteiger partial charge on any atom is -0.326 e. The van der Waals surface area contributed by atoms with E-state index in [1.54, 1.807) is 26.8 Å². The van der Waals surface area contributed by atoms with Gasteiger partial charge in [-0.1, -0.05) is 6.07 Å². The Morgan fingerprint density at radius 2 is 1.95 bits per heavy atom. The summed E-state index contributed by atoms with van der Waals surface area (Å²) >= 11 is 0. The first-order chi connectivity index (χ1) is 8.49. The Morgan fingerprint density at radius 1 is 1.37 bits per heavy atom. The highest BCUT2D eigenvalue weighted by atomic mass is 32.2. The molecule has 0 bridgehead atoms. The molecule has 0 aliphatic carbocycles. The fourth-order valence-corrected chi connectivity index (χ4v) is 2.06. The van der Waals surface area contributed by atoms with Crippen LogP contribution in [0.1, 0.15) is 25.8 Å². The molecule has 0 fully saturated rings. The van der Waals surface area contributed by atoms with Gasteiger partial charge in [-0.15, -0.1) is 0 Å². The number of nitrogens with two attached hydrogens (primary N) is 2. The average Bonchev–Trinajstić information content (AvgIpc) is 2.16. The second kappa shape index (κ2) is 5.28. The summed E-state index contributed by atoms with van der Waals surface area (Å²) in [4.78, 5) is 11.7. The standard InChI is InChI=1S/C12H19N3O3S/c1-8-4-5-9(19(14,17)18)6-10(8)15-11(16)7-12(2,3)13/h4-6H,7,13H2,1-3H3,(H,15,16)(H2,14,17,18). The molecule has 1 aromatic rings. The van der Waals surface area contributed by atoms with Crippen molar-refractivity contribution in [3.8, 4) is 0 Å². The van der Waals surface area contributed by atoms with Crippen LogP contribution in [0, 0.1) is 6.92 Å². The number of sulfonamides is 1. The highest BCUT2D eigenvalue weighted by Gasteiger charge is 2.17. The van der Waals surface area contributed by atoms with Crippen molar-refractivity contribution < 1.29 is 13.2 Å². The Bertz CT molecular complexity index is 589. The third-order valence-corrected chi connectivity index (χ3v) is 3.34. The maximum Gasteiger partial charge on any atom is 0.238 e. The van der Waals surface area contributed by atoms with Crippen LogP contribution in [0.5, 0.6) is 0 Å². The van der Waals surface area contributed by atoms with Gasteiger partial charge in [0.05, 0.1) is 4.90 Å². The van der Waals surface area contributed by atoms with Crippen molar-refractivity contribution in [1.82, 2.24) is 0 Å². The van der Waals surface area contributed by atoms with E-state index in [9.17, 15) is 13.2 Å². The summed E-state index contributed by atoms with van der Waals surface area (Å²) in [6.45, 7) is 5.23. The Kier molecular flexibility index (Phi) is 4.34. The minimum atomic E-state index is -3.79. The predicted molar refractivity (Wildman–Crippen MR) is 74.1 cm³/mol. The quantitative estimate of drug-likeness (QED) is 0.755. The summed E-state index contributed by atoms with van der Waals surface area (Å²) in [5, 5.41) is 7.69. The van der Waals surface area contributed by atoms with Crippen LogP contribution in [0.25, 0.3) is 0 Å². The number of nitrogens with one attached hydrogen (secondary N) is 1. The molecule has 7 heteroatoms. The van der Waals surface area contributed by atoms with Gasteiger partial charge in [0.2, 0.25) is 15.9 Å². The molecule has 0 aliphatic rings. The lowest BCUT2D eigenvalue weighted by Crippen LogP contribution is -2.36. The van der Waals surface area contributed by atoms with Gasteiger partial charge in [-0.2, -0.15) is 0 Å². The topological polar surface area (TPSA) is 115 Å². The molecule has 0 unspecified atom stereocenters. The van der Waals surface area contributed by atoms with Crippen LogP contribution in [0.2, 0.25) is 0 Å². The number of anilines is 1. The third-order valence-electron chi connectivity index (χ3n) is 2.43. The van der Waals surface area contributed by atoms with E-state index >= 15 is 0 Å². The fraction of sp³-hybridized carbons (Fsp3) is 0.417. The van der Waals surface area contributed by atoms with Crippen molar-refractivity contribution in [3.05, 3.63) is 23.8 Å². The molecule has 19 heavy (non-hydrogen) atoms. The number of carbonyl (C=O) groups is 1. The van der Waals surface area contributed by atoms with Crippen molar-refractivity contribution in [1.29, 1.82) is 0 Å². The molecular weight excluding hydrogens is 266 g/mol. The first-order valence-corrected chi connectivity index (χ1v) is 7.26. The Morgan fingerprint density at radius 3 is 2.42 bits per heavy atom. The second-order valence-electron chi connectivity index (χ2n) is 5.24. The summed E-state index contributed by atoms with van der Waals surface area (Å²) in [6, 6.07) is 4.32. The number of amides is 1. The van der Waals surface area contributed by atoms with E-state index in [0.717, 1.165) is 5.56 Å². The molecule has 0 aliphatic heterocycles. The van der Waals surface area contributed by atoms with Gasteiger partial charge < -0.3 is 11.1 Å². The van der Waals surface area contributed by atoms with Crippen LogP contribution in [0.4, 0.5) is 5.69 Å². The maximum absolute atomic E-state index is 11.8. The zero-order chi connectivity index (χ0) is 14.8. The SMILES string of the molecule is Cc1ccc(S(N)(=O)=O)cc1NC(=O)CC(C)(C)N. The first-order valence-electron chi connectivity index (χ1n) is 5.71. The maximum atomic E-state index is 11.8. The van der Waals surface area contributed by atoms with E-state index in [0.29, 0.717) is 5.69 Å². The monoisotopic (exact) mass is 285 g/mol. The summed E-state index contributed by atoms with van der Waals surface area (Å²) in [5.74, 6) is -0.276. The zero-order valence-electron chi connectivity index (χ0n) is 11.2. The molecule has 5 N–H and O–H groups in total. The number of carbonyl (C=O) groups excluding carboxylic acids is 1. The minimum absolute atomic E-state index is 0.0413. The molecule has 6 nitrogen and oxygen atoms in total. The number of hydrogen-bond acceptors (Lipinski definition) is 4. The number of hydrogen-bond donors (Lipinski definition) is 3. The van der Waals surface area contributed by atoms with E-state index in [-0.39, 0.29) is 17.2 Å². The summed E-state index contributed by atoms with van der Waals surface area (Å²) in [7, 11) is -3.79. The van der Waals surface area contributed by atoms with Crippen LogP contribution in [-0.2, 0) is 14.8 Å². The fourth-order valence-electron chi connectivity index (χ4n) is 1.52. The largest absolute Gasteiger partial charge is 0.326 e. The van der Waals surface area contributed by atoms with E-state index < -0.39 is 15.6 Å². The molecule has 1 rings (SSSR count). The van der Waals surface area contributed by atoms with E-state index in [4.69, 9.17) is 10.9 Å². The van der Waals surface area contributed by atoms with Crippen LogP contribution in [-0.4, -0.2) is 19.9 Å². The summed E-state index contributed by atoms with van der Waals surface area (Å²) in [5.41, 5.74) is 6.28. The molecule has 0 spiro atoms. The van der Waals surface area contributed by atoms with Crippen molar-refractivity contribution in [3.63, 3.8) is 0 Å². The second-order valence-corrected chi connectivity index (χ2v) is 6.80. The molecule has 1 amide bonds. The van der Waals surface area contributed by atoms with Gasteiger partial charge >= 0.3 is 0 Å². The van der Waals surface area contributed by atoms with Gasteiger partial charge in [0, 0.05) is 17.6 Å². The lowest BCUT2D eigenvalue weighted by molar-refractivity contribution is -0.117. The Labute approximate surface area is 113 Å². The van der Waals surface area contributed by atoms with Gasteiger partial charge in [0.25, 0.3) is 0 Å². The zero-order valence-corrected chi connectivity index (χ0v) is 12.0. The predicted octanol–water partition coefficient (Wildman–Crippen LogP) is 0.708. The lowest BCUT2D eigenvalue weighted by Gasteiger charge is -2.18. The molecule has 0 atom stereocenters. The van der Waals surface area contributed by atoms with Crippen LogP contribution >= 0.6 is 0 Å². The van der Waals surface area contributed by atoms with Crippen LogP contribution in [0.15, 0.2) is 23.1 Å². The first kappa shape index (κ1) is 15.6. The van der Waals surface area contributed by atoms with Gasteiger partial charge in [-0.25, -0.2) is 13.6 Å². The molecule has 106 valence electrons. The van der Waals surface area contributed by atoms with Crippen molar-refractivity contribution >= 4 is 21.6 Å². The molecule has 1 aromatic carbocycles. The number of benzene rings is 1. The summed E-state index contributed by atoms with van der Waals surface area (Å²) in [6.07, 6.45) is 0.131. The molecule has 0 radical (unpaired) electrons.